The van der Waals surface area contributed by atoms with E-state index >= 15 is 0 Å². The summed E-state index contributed by atoms with van der Waals surface area (Å²) in [6, 6.07) is 2.34. The molecule has 0 aliphatic heterocycles. The lowest BCUT2D eigenvalue weighted by Gasteiger charge is -2.10. The van der Waals surface area contributed by atoms with E-state index in [1.807, 2.05) is 0 Å². The van der Waals surface area contributed by atoms with E-state index in [0.29, 0.717) is 0 Å². The SMILES string of the molecule is NC(=S)c1ccc(NCCSC(F)(F)F)c(F)c1F. The Morgan fingerprint density at radius 3 is 2.42 bits per heavy atom. The lowest BCUT2D eigenvalue weighted by atomic mass is 10.2. The van der Waals surface area contributed by atoms with Crippen LogP contribution in [0.3, 0.4) is 0 Å². The average molecular weight is 316 g/mol. The quantitative estimate of drug-likeness (QED) is 0.497. The molecule has 0 aromatic heterocycles. The number of nitrogens with one attached hydrogen (secondary N) is 1. The van der Waals surface area contributed by atoms with Crippen LogP contribution in [0.2, 0.25) is 0 Å². The molecule has 19 heavy (non-hydrogen) atoms. The molecule has 0 fully saturated rings. The Kier molecular flexibility index (Phi) is 5.36. The second-order valence-electron chi connectivity index (χ2n) is 3.37. The van der Waals surface area contributed by atoms with Gasteiger partial charge in [-0.15, -0.1) is 0 Å². The highest BCUT2D eigenvalue weighted by Crippen LogP contribution is 2.29. The molecule has 0 atom stereocenters. The second-order valence-corrected chi connectivity index (χ2v) is 4.97. The van der Waals surface area contributed by atoms with E-state index < -0.39 is 17.1 Å². The van der Waals surface area contributed by atoms with Crippen molar-refractivity contribution in [3.63, 3.8) is 0 Å². The summed E-state index contributed by atoms with van der Waals surface area (Å²) in [5.41, 5.74) is 0.350. The second kappa shape index (κ2) is 6.38. The molecule has 1 rings (SSSR count). The summed E-state index contributed by atoms with van der Waals surface area (Å²) < 4.78 is 62.5. The van der Waals surface area contributed by atoms with Crippen LogP contribution < -0.4 is 11.1 Å². The normalized spacial score (nSPS) is 11.4. The highest BCUT2D eigenvalue weighted by molar-refractivity contribution is 8.00. The Morgan fingerprint density at radius 1 is 1.26 bits per heavy atom. The van der Waals surface area contributed by atoms with Gasteiger partial charge in [-0.3, -0.25) is 0 Å². The molecule has 0 heterocycles. The summed E-state index contributed by atoms with van der Waals surface area (Å²) in [6.45, 7) is -0.160. The first-order valence-electron chi connectivity index (χ1n) is 4.94. The molecule has 0 unspecified atom stereocenters. The Morgan fingerprint density at radius 2 is 1.89 bits per heavy atom. The molecule has 0 spiro atoms. The van der Waals surface area contributed by atoms with Crippen molar-refractivity contribution < 1.29 is 22.0 Å². The Balaban J connectivity index is 2.66. The van der Waals surface area contributed by atoms with Crippen LogP contribution in [-0.4, -0.2) is 22.8 Å². The van der Waals surface area contributed by atoms with Crippen molar-refractivity contribution in [3.05, 3.63) is 29.3 Å². The zero-order chi connectivity index (χ0) is 14.6. The monoisotopic (exact) mass is 316 g/mol. The van der Waals surface area contributed by atoms with Gasteiger partial charge in [0.15, 0.2) is 11.6 Å². The number of hydrogen-bond donors (Lipinski definition) is 2. The van der Waals surface area contributed by atoms with Gasteiger partial charge in [0, 0.05) is 17.9 Å². The van der Waals surface area contributed by atoms with Crippen molar-refractivity contribution in [2.75, 3.05) is 17.6 Å². The minimum Gasteiger partial charge on any atom is -0.389 e. The number of alkyl halides is 3. The van der Waals surface area contributed by atoms with Crippen molar-refractivity contribution in [1.29, 1.82) is 0 Å². The third-order valence-electron chi connectivity index (χ3n) is 2.03. The van der Waals surface area contributed by atoms with Gasteiger partial charge in [0.25, 0.3) is 0 Å². The van der Waals surface area contributed by atoms with Crippen LogP contribution in [-0.2, 0) is 0 Å². The van der Waals surface area contributed by atoms with Crippen molar-refractivity contribution in [2.24, 2.45) is 5.73 Å². The van der Waals surface area contributed by atoms with Crippen molar-refractivity contribution >= 4 is 34.7 Å². The number of thioether (sulfide) groups is 1. The molecular formula is C10H9F5N2S2. The fourth-order valence-electron chi connectivity index (χ4n) is 1.23. The molecule has 1 aromatic carbocycles. The molecular weight excluding hydrogens is 307 g/mol. The van der Waals surface area contributed by atoms with E-state index in [9.17, 15) is 22.0 Å². The van der Waals surface area contributed by atoms with E-state index in [4.69, 9.17) is 5.73 Å². The number of hydrogen-bond acceptors (Lipinski definition) is 3. The zero-order valence-electron chi connectivity index (χ0n) is 9.35. The molecule has 0 aliphatic rings. The first kappa shape index (κ1) is 16.0. The third kappa shape index (κ3) is 4.83. The fraction of sp³-hybridized carbons (Fsp3) is 0.300. The van der Waals surface area contributed by atoms with E-state index in [2.05, 4.69) is 17.5 Å². The maximum atomic E-state index is 13.5. The first-order chi connectivity index (χ1) is 8.72. The molecule has 106 valence electrons. The topological polar surface area (TPSA) is 38.0 Å². The lowest BCUT2D eigenvalue weighted by Crippen LogP contribution is -2.15. The number of thiocarbonyl (C=S) groups is 1. The zero-order valence-corrected chi connectivity index (χ0v) is 11.0. The van der Waals surface area contributed by atoms with Gasteiger partial charge < -0.3 is 11.1 Å². The van der Waals surface area contributed by atoms with Gasteiger partial charge in [0.1, 0.15) is 4.99 Å². The largest absolute Gasteiger partial charge is 0.441 e. The molecule has 0 radical (unpaired) electrons. The lowest BCUT2D eigenvalue weighted by molar-refractivity contribution is -0.0327. The van der Waals surface area contributed by atoms with Crippen LogP contribution in [0.4, 0.5) is 27.6 Å². The molecule has 9 heteroatoms. The summed E-state index contributed by atoms with van der Waals surface area (Å²) in [5, 5.41) is 2.37. The van der Waals surface area contributed by atoms with E-state index in [1.54, 1.807) is 0 Å². The van der Waals surface area contributed by atoms with Gasteiger partial charge in [-0.1, -0.05) is 12.2 Å². The first-order valence-corrected chi connectivity index (χ1v) is 6.34. The predicted molar refractivity (Wildman–Crippen MR) is 69.2 cm³/mol. The molecule has 2 nitrogen and oxygen atoms in total. The Hall–Kier alpha value is -1.09. The van der Waals surface area contributed by atoms with Gasteiger partial charge in [-0.25, -0.2) is 8.78 Å². The number of nitrogens with two attached hydrogens (primary N) is 1. The summed E-state index contributed by atoms with van der Waals surface area (Å²) >= 11 is 4.27. The molecule has 0 amide bonds. The number of halogens is 5. The van der Waals surface area contributed by atoms with Crippen molar-refractivity contribution in [2.45, 2.75) is 5.51 Å². The highest BCUT2D eigenvalue weighted by Gasteiger charge is 2.27. The van der Waals surface area contributed by atoms with Gasteiger partial charge in [-0.05, 0) is 23.9 Å². The number of rotatable bonds is 5. The molecule has 0 saturated heterocycles. The molecule has 3 N–H and O–H groups in total. The van der Waals surface area contributed by atoms with Crippen LogP contribution >= 0.6 is 24.0 Å². The van der Waals surface area contributed by atoms with Crippen LogP contribution in [0.15, 0.2) is 12.1 Å². The van der Waals surface area contributed by atoms with Crippen LogP contribution in [0.5, 0.6) is 0 Å². The molecule has 0 saturated carbocycles. The van der Waals surface area contributed by atoms with Crippen LogP contribution in [0, 0.1) is 11.6 Å². The van der Waals surface area contributed by atoms with Gasteiger partial charge in [0.05, 0.1) is 5.69 Å². The van der Waals surface area contributed by atoms with Gasteiger partial charge >= 0.3 is 5.51 Å². The molecule has 0 bridgehead atoms. The van der Waals surface area contributed by atoms with E-state index in [0.717, 1.165) is 0 Å². The number of benzene rings is 1. The van der Waals surface area contributed by atoms with Crippen LogP contribution in [0.25, 0.3) is 0 Å². The average Bonchev–Trinajstić information content (AvgIpc) is 2.28. The minimum atomic E-state index is -4.35. The summed E-state index contributed by atoms with van der Waals surface area (Å²) in [7, 11) is 0. The number of anilines is 1. The summed E-state index contributed by atoms with van der Waals surface area (Å²) in [6.07, 6.45) is 0. The van der Waals surface area contributed by atoms with E-state index in [1.165, 1.54) is 12.1 Å². The van der Waals surface area contributed by atoms with E-state index in [-0.39, 0.29) is 40.3 Å². The Labute approximate surface area is 115 Å². The van der Waals surface area contributed by atoms with Crippen molar-refractivity contribution in [3.8, 4) is 0 Å². The van der Waals surface area contributed by atoms with Gasteiger partial charge in [0.2, 0.25) is 0 Å². The summed E-state index contributed by atoms with van der Waals surface area (Å²) in [5.74, 6) is -2.76. The maximum Gasteiger partial charge on any atom is 0.441 e. The molecule has 1 aromatic rings. The Bertz CT molecular complexity index is 476. The highest BCUT2D eigenvalue weighted by atomic mass is 32.2. The molecule has 0 aliphatic carbocycles. The summed E-state index contributed by atoms with van der Waals surface area (Å²) in [4.78, 5) is -0.296. The van der Waals surface area contributed by atoms with Gasteiger partial charge in [-0.2, -0.15) is 13.2 Å². The van der Waals surface area contributed by atoms with Crippen molar-refractivity contribution in [1.82, 2.24) is 0 Å². The minimum absolute atomic E-state index is 0.160. The standard InChI is InChI=1S/C10H9F5N2S2/c11-7-5(9(16)18)1-2-6(8(7)12)17-3-4-19-10(13,14)15/h1-2,17H,3-4H2,(H2,16,18). The third-order valence-corrected chi connectivity index (χ3v) is 2.99. The van der Waals surface area contributed by atoms with Crippen LogP contribution in [0.1, 0.15) is 5.56 Å². The fourth-order valence-corrected chi connectivity index (χ4v) is 1.82. The predicted octanol–water partition coefficient (Wildman–Crippen LogP) is 3.26. The smallest absolute Gasteiger partial charge is 0.389 e. The maximum absolute atomic E-state index is 13.5.